The van der Waals surface area contributed by atoms with Gasteiger partial charge in [-0.25, -0.2) is 4.98 Å². The maximum Gasteiger partial charge on any atom is 0.253 e. The smallest absolute Gasteiger partial charge is 0.253 e. The standard InChI is InChI=1S/C21H18N2O2S/c24-21(15-12-14-6-1-3-9-18(14)25-13-15)23-11-5-8-17(23)20-22-16-7-2-4-10-19(16)26-20/h1-4,6-7,9-10,12,17H,5,8,11,13H2. The Balaban J connectivity index is 1.45. The number of likely N-dealkylation sites (tertiary alicyclic amines) is 1. The molecular weight excluding hydrogens is 344 g/mol. The predicted molar refractivity (Wildman–Crippen MR) is 103 cm³/mol. The molecule has 4 nitrogen and oxygen atoms in total. The Kier molecular flexibility index (Phi) is 3.75. The fourth-order valence-electron chi connectivity index (χ4n) is 3.72. The minimum atomic E-state index is 0.0676. The molecule has 0 bridgehead atoms. The van der Waals surface area contributed by atoms with Crippen LogP contribution in [0.5, 0.6) is 5.75 Å². The number of fused-ring (bicyclic) bond motifs is 2. The highest BCUT2D eigenvalue weighted by Crippen LogP contribution is 2.38. The fraction of sp³-hybridized carbons (Fsp3) is 0.238. The van der Waals surface area contributed by atoms with Crippen LogP contribution in [-0.4, -0.2) is 28.9 Å². The predicted octanol–water partition coefficient (Wildman–Crippen LogP) is 4.44. The number of hydrogen-bond acceptors (Lipinski definition) is 4. The van der Waals surface area contributed by atoms with Crippen molar-refractivity contribution < 1.29 is 9.53 Å². The van der Waals surface area contributed by atoms with Crippen LogP contribution >= 0.6 is 11.3 Å². The number of carbonyl (C=O) groups is 1. The van der Waals surface area contributed by atoms with Crippen LogP contribution in [0.1, 0.15) is 29.5 Å². The Morgan fingerprint density at radius 1 is 1.15 bits per heavy atom. The van der Waals surface area contributed by atoms with E-state index in [1.54, 1.807) is 11.3 Å². The minimum absolute atomic E-state index is 0.0676. The molecule has 0 saturated carbocycles. The highest BCUT2D eigenvalue weighted by Gasteiger charge is 2.34. The van der Waals surface area contributed by atoms with Crippen LogP contribution in [0.15, 0.2) is 54.1 Å². The first-order chi connectivity index (χ1) is 12.8. The second-order valence-corrected chi connectivity index (χ2v) is 7.73. The molecule has 26 heavy (non-hydrogen) atoms. The third-order valence-corrected chi connectivity index (χ3v) is 6.15. The molecule has 5 heteroatoms. The van der Waals surface area contributed by atoms with Gasteiger partial charge in [-0.2, -0.15) is 0 Å². The molecule has 1 unspecified atom stereocenters. The summed E-state index contributed by atoms with van der Waals surface area (Å²) >= 11 is 1.70. The van der Waals surface area contributed by atoms with E-state index in [0.29, 0.717) is 6.61 Å². The summed E-state index contributed by atoms with van der Waals surface area (Å²) in [5.74, 6) is 0.912. The summed E-state index contributed by atoms with van der Waals surface area (Å²) in [6, 6.07) is 16.1. The van der Waals surface area contributed by atoms with Crippen LogP contribution in [0.3, 0.4) is 0 Å². The van der Waals surface area contributed by atoms with Crippen molar-refractivity contribution in [3.8, 4) is 5.75 Å². The largest absolute Gasteiger partial charge is 0.488 e. The second-order valence-electron chi connectivity index (χ2n) is 6.67. The fourth-order valence-corrected chi connectivity index (χ4v) is 4.84. The first-order valence-electron chi connectivity index (χ1n) is 8.88. The van der Waals surface area contributed by atoms with Crippen LogP contribution < -0.4 is 4.74 Å². The lowest BCUT2D eigenvalue weighted by Gasteiger charge is -2.26. The molecule has 1 saturated heterocycles. The van der Waals surface area contributed by atoms with Gasteiger partial charge in [0.2, 0.25) is 0 Å². The van der Waals surface area contributed by atoms with Crippen LogP contribution in [0.25, 0.3) is 16.3 Å². The third kappa shape index (κ3) is 2.59. The van der Waals surface area contributed by atoms with Crippen molar-refractivity contribution in [2.45, 2.75) is 18.9 Å². The van der Waals surface area contributed by atoms with E-state index >= 15 is 0 Å². The van der Waals surface area contributed by atoms with E-state index in [-0.39, 0.29) is 11.9 Å². The Labute approximate surface area is 155 Å². The molecular formula is C21H18N2O2S. The number of para-hydroxylation sites is 2. The van der Waals surface area contributed by atoms with Crippen molar-refractivity contribution in [1.29, 1.82) is 0 Å². The van der Waals surface area contributed by atoms with Gasteiger partial charge in [-0.1, -0.05) is 30.3 Å². The van der Waals surface area contributed by atoms with Gasteiger partial charge in [0.25, 0.3) is 5.91 Å². The quantitative estimate of drug-likeness (QED) is 0.677. The number of amides is 1. The van der Waals surface area contributed by atoms with E-state index in [4.69, 9.17) is 9.72 Å². The number of nitrogens with zero attached hydrogens (tertiary/aromatic N) is 2. The summed E-state index contributed by atoms with van der Waals surface area (Å²) in [6.07, 6.45) is 3.95. The number of thiazole rings is 1. The Bertz CT molecular complexity index is 991. The van der Waals surface area contributed by atoms with Crippen molar-refractivity contribution in [3.05, 3.63) is 64.7 Å². The van der Waals surface area contributed by atoms with E-state index in [0.717, 1.165) is 46.8 Å². The van der Waals surface area contributed by atoms with Gasteiger partial charge in [-0.05, 0) is 37.1 Å². The maximum absolute atomic E-state index is 13.2. The normalized spacial score (nSPS) is 19.2. The zero-order valence-corrected chi connectivity index (χ0v) is 15.0. The van der Waals surface area contributed by atoms with E-state index in [1.807, 2.05) is 53.4 Å². The maximum atomic E-state index is 13.2. The minimum Gasteiger partial charge on any atom is -0.488 e. The van der Waals surface area contributed by atoms with Crippen LogP contribution in [-0.2, 0) is 4.79 Å². The first kappa shape index (κ1) is 15.6. The number of rotatable bonds is 2. The highest BCUT2D eigenvalue weighted by atomic mass is 32.1. The molecule has 130 valence electrons. The summed E-state index contributed by atoms with van der Waals surface area (Å²) in [5, 5.41) is 1.04. The van der Waals surface area contributed by atoms with Crippen molar-refractivity contribution >= 4 is 33.5 Å². The van der Waals surface area contributed by atoms with Gasteiger partial charge in [-0.15, -0.1) is 11.3 Å². The van der Waals surface area contributed by atoms with Crippen LogP contribution in [0.2, 0.25) is 0 Å². The highest BCUT2D eigenvalue weighted by molar-refractivity contribution is 7.18. The molecule has 0 N–H and O–H groups in total. The number of ether oxygens (including phenoxy) is 1. The van der Waals surface area contributed by atoms with Gasteiger partial charge >= 0.3 is 0 Å². The molecule has 1 amide bonds. The lowest BCUT2D eigenvalue weighted by atomic mass is 10.1. The zero-order chi connectivity index (χ0) is 17.5. The molecule has 3 heterocycles. The van der Waals surface area contributed by atoms with Gasteiger partial charge in [0, 0.05) is 12.1 Å². The molecule has 1 fully saturated rings. The summed E-state index contributed by atoms with van der Waals surface area (Å²) in [5.41, 5.74) is 2.70. The average molecular weight is 362 g/mol. The monoisotopic (exact) mass is 362 g/mol. The second kappa shape index (κ2) is 6.25. The first-order valence-corrected chi connectivity index (χ1v) is 9.70. The molecule has 2 aromatic carbocycles. The molecule has 1 aromatic heterocycles. The molecule has 0 radical (unpaired) electrons. The third-order valence-electron chi connectivity index (χ3n) is 5.02. The Morgan fingerprint density at radius 2 is 2.00 bits per heavy atom. The van der Waals surface area contributed by atoms with Crippen molar-refractivity contribution in [2.75, 3.05) is 13.2 Å². The van der Waals surface area contributed by atoms with Crippen molar-refractivity contribution in [3.63, 3.8) is 0 Å². The molecule has 2 aliphatic heterocycles. The lowest BCUT2D eigenvalue weighted by Crippen LogP contribution is -2.33. The van der Waals surface area contributed by atoms with E-state index in [2.05, 4.69) is 6.07 Å². The van der Waals surface area contributed by atoms with Gasteiger partial charge in [0.05, 0.1) is 21.8 Å². The van der Waals surface area contributed by atoms with Gasteiger partial charge in [-0.3, -0.25) is 4.79 Å². The molecule has 5 rings (SSSR count). The molecule has 3 aromatic rings. The van der Waals surface area contributed by atoms with Crippen LogP contribution in [0, 0.1) is 0 Å². The lowest BCUT2D eigenvalue weighted by molar-refractivity contribution is -0.128. The van der Waals surface area contributed by atoms with Gasteiger partial charge < -0.3 is 9.64 Å². The molecule has 0 spiro atoms. The van der Waals surface area contributed by atoms with Crippen molar-refractivity contribution in [1.82, 2.24) is 9.88 Å². The Morgan fingerprint density at radius 3 is 2.92 bits per heavy atom. The van der Waals surface area contributed by atoms with Crippen LogP contribution in [0.4, 0.5) is 0 Å². The number of hydrogen-bond donors (Lipinski definition) is 0. The van der Waals surface area contributed by atoms with E-state index in [1.165, 1.54) is 4.70 Å². The summed E-state index contributed by atoms with van der Waals surface area (Å²) in [4.78, 5) is 19.9. The SMILES string of the molecule is O=C(C1=Cc2ccccc2OC1)N1CCCC1c1nc2ccccc2s1. The summed E-state index contributed by atoms with van der Waals surface area (Å²) in [6.45, 7) is 1.11. The van der Waals surface area contributed by atoms with E-state index < -0.39 is 0 Å². The zero-order valence-electron chi connectivity index (χ0n) is 14.2. The molecule has 2 aliphatic rings. The van der Waals surface area contributed by atoms with Gasteiger partial charge in [0.1, 0.15) is 17.4 Å². The molecule has 0 aliphatic carbocycles. The van der Waals surface area contributed by atoms with Gasteiger partial charge in [0.15, 0.2) is 0 Å². The average Bonchev–Trinajstić information content (AvgIpc) is 3.33. The van der Waals surface area contributed by atoms with Crippen molar-refractivity contribution in [2.24, 2.45) is 0 Å². The summed E-state index contributed by atoms with van der Waals surface area (Å²) in [7, 11) is 0. The number of carbonyl (C=O) groups excluding carboxylic acids is 1. The number of aromatic nitrogens is 1. The Hall–Kier alpha value is -2.66. The van der Waals surface area contributed by atoms with E-state index in [9.17, 15) is 4.79 Å². The molecule has 1 atom stereocenters. The summed E-state index contributed by atoms with van der Waals surface area (Å²) < 4.78 is 6.95. The topological polar surface area (TPSA) is 42.4 Å². The number of benzene rings is 2.